The summed E-state index contributed by atoms with van der Waals surface area (Å²) in [6, 6.07) is 5.19. The topological polar surface area (TPSA) is 102 Å². The molecule has 1 atom stereocenters. The van der Waals surface area contributed by atoms with Crippen molar-refractivity contribution >= 4 is 17.7 Å². The fourth-order valence-electron chi connectivity index (χ4n) is 2.78. The van der Waals surface area contributed by atoms with E-state index in [1.54, 1.807) is 39.0 Å². The van der Waals surface area contributed by atoms with Gasteiger partial charge in [0.1, 0.15) is 5.60 Å². The maximum Gasteiger partial charge on any atom is 0.408 e. The number of alkyl carbamates (subject to hydrolysis) is 1. The SMILES string of the molecule is Cc1ccc2c(c1)C(C[N+](=O)[O-])(NC(=O)OC(C)(C)C)C(=O)N2C. The number of carbonyl (C=O) groups excluding carboxylic acids is 2. The molecule has 0 saturated carbocycles. The van der Waals surface area contributed by atoms with Crippen LogP contribution in [-0.2, 0) is 15.1 Å². The fraction of sp³-hybridized carbons (Fsp3) is 0.500. The Labute approximate surface area is 139 Å². The number of rotatable bonds is 3. The van der Waals surface area contributed by atoms with E-state index >= 15 is 0 Å². The first-order valence-electron chi connectivity index (χ1n) is 7.48. The highest BCUT2D eigenvalue weighted by atomic mass is 16.6. The van der Waals surface area contributed by atoms with Crippen LogP contribution in [0.3, 0.4) is 0 Å². The monoisotopic (exact) mass is 335 g/mol. The maximum atomic E-state index is 12.8. The summed E-state index contributed by atoms with van der Waals surface area (Å²) in [6.45, 7) is 6.08. The van der Waals surface area contributed by atoms with E-state index in [-0.39, 0.29) is 0 Å². The molecule has 0 aromatic heterocycles. The van der Waals surface area contributed by atoms with Gasteiger partial charge in [0.15, 0.2) is 0 Å². The van der Waals surface area contributed by atoms with Gasteiger partial charge >= 0.3 is 6.09 Å². The number of fused-ring (bicyclic) bond motifs is 1. The Bertz CT molecular complexity index is 710. The summed E-state index contributed by atoms with van der Waals surface area (Å²) < 4.78 is 5.19. The van der Waals surface area contributed by atoms with Crippen LogP contribution in [0.25, 0.3) is 0 Å². The van der Waals surface area contributed by atoms with Gasteiger partial charge in [-0.15, -0.1) is 0 Å². The zero-order valence-electron chi connectivity index (χ0n) is 14.4. The number of ether oxygens (including phenoxy) is 1. The van der Waals surface area contributed by atoms with Gasteiger partial charge in [-0.05, 0) is 33.8 Å². The van der Waals surface area contributed by atoms with Gasteiger partial charge < -0.3 is 9.64 Å². The number of nitrogens with zero attached hydrogens (tertiary/aromatic N) is 2. The van der Waals surface area contributed by atoms with Gasteiger partial charge in [-0.3, -0.25) is 20.2 Å². The molecule has 24 heavy (non-hydrogen) atoms. The minimum atomic E-state index is -1.78. The second-order valence-corrected chi connectivity index (χ2v) is 6.91. The van der Waals surface area contributed by atoms with E-state index < -0.39 is 34.6 Å². The Balaban J connectivity index is 2.52. The number of amides is 2. The molecule has 1 aliphatic heterocycles. The zero-order chi connectivity index (χ0) is 18.3. The molecule has 1 aromatic rings. The third-order valence-corrected chi connectivity index (χ3v) is 3.72. The van der Waals surface area contributed by atoms with Gasteiger partial charge in [-0.2, -0.15) is 0 Å². The highest BCUT2D eigenvalue weighted by molar-refractivity contribution is 6.09. The molecule has 0 radical (unpaired) electrons. The quantitative estimate of drug-likeness (QED) is 0.672. The van der Waals surface area contributed by atoms with Gasteiger partial charge in [-0.1, -0.05) is 17.7 Å². The van der Waals surface area contributed by atoms with E-state index in [0.29, 0.717) is 11.3 Å². The van der Waals surface area contributed by atoms with Crippen molar-refractivity contribution in [2.75, 3.05) is 18.5 Å². The molecule has 130 valence electrons. The van der Waals surface area contributed by atoms with Crippen LogP contribution in [0.4, 0.5) is 10.5 Å². The van der Waals surface area contributed by atoms with Gasteiger partial charge in [-0.25, -0.2) is 4.79 Å². The average Bonchev–Trinajstić information content (AvgIpc) is 2.58. The van der Waals surface area contributed by atoms with Crippen molar-refractivity contribution in [2.45, 2.75) is 38.8 Å². The third-order valence-electron chi connectivity index (χ3n) is 3.72. The highest BCUT2D eigenvalue weighted by Gasteiger charge is 2.55. The van der Waals surface area contributed by atoms with E-state index in [1.807, 2.05) is 6.92 Å². The summed E-state index contributed by atoms with van der Waals surface area (Å²) in [5, 5.41) is 13.7. The Kier molecular flexibility index (Phi) is 4.26. The number of nitro groups is 1. The van der Waals surface area contributed by atoms with E-state index in [1.165, 1.54) is 11.9 Å². The predicted octanol–water partition coefficient (Wildman–Crippen LogP) is 1.97. The number of anilines is 1. The van der Waals surface area contributed by atoms with Crippen molar-refractivity contribution in [1.29, 1.82) is 0 Å². The van der Waals surface area contributed by atoms with Crippen LogP contribution in [0.5, 0.6) is 0 Å². The Morgan fingerprint density at radius 1 is 1.42 bits per heavy atom. The molecule has 2 rings (SSSR count). The van der Waals surface area contributed by atoms with E-state index in [4.69, 9.17) is 4.74 Å². The lowest BCUT2D eigenvalue weighted by Gasteiger charge is -2.28. The number of hydrogen-bond acceptors (Lipinski definition) is 5. The summed E-state index contributed by atoms with van der Waals surface area (Å²) in [4.78, 5) is 36.9. The summed E-state index contributed by atoms with van der Waals surface area (Å²) in [7, 11) is 1.52. The van der Waals surface area contributed by atoms with Crippen molar-refractivity contribution < 1.29 is 19.2 Å². The fourth-order valence-corrected chi connectivity index (χ4v) is 2.78. The maximum absolute atomic E-state index is 12.8. The summed E-state index contributed by atoms with van der Waals surface area (Å²) in [6.07, 6.45) is -0.875. The van der Waals surface area contributed by atoms with Crippen LogP contribution in [0.1, 0.15) is 31.9 Å². The molecule has 0 aliphatic carbocycles. The lowest BCUT2D eigenvalue weighted by molar-refractivity contribution is -0.488. The molecule has 2 amide bonds. The van der Waals surface area contributed by atoms with Crippen molar-refractivity contribution in [3.63, 3.8) is 0 Å². The standard InChI is InChI=1S/C16H21N3O5/c1-10-6-7-12-11(8-10)16(9-19(22)23,13(20)18(12)5)17-14(21)24-15(2,3)4/h6-8H,9H2,1-5H3,(H,17,21). The van der Waals surface area contributed by atoms with E-state index in [2.05, 4.69) is 5.32 Å². The van der Waals surface area contributed by atoms with Crippen molar-refractivity contribution in [3.8, 4) is 0 Å². The van der Waals surface area contributed by atoms with Gasteiger partial charge in [0.2, 0.25) is 12.1 Å². The van der Waals surface area contributed by atoms with Crippen molar-refractivity contribution in [1.82, 2.24) is 5.32 Å². The lowest BCUT2D eigenvalue weighted by atomic mass is 9.90. The molecule has 0 spiro atoms. The second-order valence-electron chi connectivity index (χ2n) is 6.91. The Morgan fingerprint density at radius 2 is 2.04 bits per heavy atom. The molecule has 8 nitrogen and oxygen atoms in total. The van der Waals surface area contributed by atoms with Gasteiger partial charge in [0, 0.05) is 23.2 Å². The summed E-state index contributed by atoms with van der Waals surface area (Å²) in [5.74, 6) is -0.564. The Hall–Kier alpha value is -2.64. The first-order valence-corrected chi connectivity index (χ1v) is 7.48. The normalized spacial score (nSPS) is 19.9. The van der Waals surface area contributed by atoms with E-state index in [9.17, 15) is 19.7 Å². The van der Waals surface area contributed by atoms with Crippen LogP contribution in [0, 0.1) is 17.0 Å². The van der Waals surface area contributed by atoms with Gasteiger partial charge in [0.25, 0.3) is 5.91 Å². The molecule has 0 saturated heterocycles. The van der Waals surface area contributed by atoms with E-state index in [0.717, 1.165) is 5.56 Å². The molecule has 0 fully saturated rings. The predicted molar refractivity (Wildman–Crippen MR) is 87.5 cm³/mol. The highest BCUT2D eigenvalue weighted by Crippen LogP contribution is 2.40. The molecule has 1 aromatic carbocycles. The molecule has 0 bridgehead atoms. The first-order chi connectivity index (χ1) is 11.0. The van der Waals surface area contributed by atoms with Crippen molar-refractivity contribution in [2.24, 2.45) is 0 Å². The van der Waals surface area contributed by atoms with Crippen LogP contribution >= 0.6 is 0 Å². The average molecular weight is 335 g/mol. The summed E-state index contributed by atoms with van der Waals surface area (Å²) >= 11 is 0. The largest absolute Gasteiger partial charge is 0.444 e. The lowest BCUT2D eigenvalue weighted by Crippen LogP contribution is -2.57. The Morgan fingerprint density at radius 3 is 2.58 bits per heavy atom. The molecule has 1 unspecified atom stereocenters. The van der Waals surface area contributed by atoms with Crippen molar-refractivity contribution in [3.05, 3.63) is 39.4 Å². The molecule has 1 heterocycles. The van der Waals surface area contributed by atoms with Crippen LogP contribution in [0.15, 0.2) is 18.2 Å². The second kappa shape index (κ2) is 5.77. The minimum absolute atomic E-state index is 0.401. The number of benzene rings is 1. The van der Waals surface area contributed by atoms with Gasteiger partial charge in [0.05, 0.1) is 0 Å². The first kappa shape index (κ1) is 17.7. The number of nitrogens with one attached hydrogen (secondary N) is 1. The molecule has 1 aliphatic rings. The number of aryl methyl sites for hydroxylation is 1. The van der Waals surface area contributed by atoms with Crippen LogP contribution < -0.4 is 10.2 Å². The number of hydrogen-bond donors (Lipinski definition) is 1. The third kappa shape index (κ3) is 3.17. The molecule has 1 N–H and O–H groups in total. The molecule has 8 heteroatoms. The van der Waals surface area contributed by atoms with Crippen LogP contribution in [0.2, 0.25) is 0 Å². The summed E-state index contributed by atoms with van der Waals surface area (Å²) in [5.41, 5.74) is -0.804. The smallest absolute Gasteiger partial charge is 0.408 e. The minimum Gasteiger partial charge on any atom is -0.444 e. The molecular weight excluding hydrogens is 314 g/mol. The van der Waals surface area contributed by atoms with Crippen LogP contribution in [-0.4, -0.2) is 36.1 Å². The number of likely N-dealkylation sites (N-methyl/N-ethyl adjacent to an activating group) is 1. The number of carbonyl (C=O) groups is 2. The molecular formula is C16H21N3O5. The zero-order valence-corrected chi connectivity index (χ0v) is 14.4.